The first-order valence-electron chi connectivity index (χ1n) is 15.6. The van der Waals surface area contributed by atoms with E-state index >= 15 is 0 Å². The van der Waals surface area contributed by atoms with Gasteiger partial charge in [0, 0.05) is 31.9 Å². The number of benzene rings is 2. The monoisotopic (exact) mass is 625 g/mol. The van der Waals surface area contributed by atoms with Crippen molar-refractivity contribution in [3.05, 3.63) is 65.7 Å². The van der Waals surface area contributed by atoms with Gasteiger partial charge in [0.05, 0.1) is 19.3 Å². The second-order valence-electron chi connectivity index (χ2n) is 13.7. The Balaban J connectivity index is 1.84. The number of nitrogens with zero attached hydrogens (tertiary/aromatic N) is 2. The van der Waals surface area contributed by atoms with Crippen molar-refractivity contribution in [3.8, 4) is 0 Å². The number of alkyl carbamates (subject to hydrolysis) is 1. The number of nitrogens with one attached hydrogen (secondary N) is 3. The molecule has 2 aromatic carbocycles. The van der Waals surface area contributed by atoms with E-state index in [0.29, 0.717) is 6.42 Å². The SMILES string of the molecule is COC(=O)N[C@H](C(=O)N[C@@H](Cc1ccccc1)[C@@H](O)CN(Cc1ccc(N2CCCC2)cc1)NC(=O)OC(C)(C)C)C(C)(C)C. The summed E-state index contributed by atoms with van der Waals surface area (Å²) in [5, 5.41) is 18.8. The fourth-order valence-electron chi connectivity index (χ4n) is 5.21. The maximum Gasteiger partial charge on any atom is 0.422 e. The van der Waals surface area contributed by atoms with Gasteiger partial charge in [-0.05, 0) is 68.7 Å². The number of aliphatic hydroxyl groups is 1. The van der Waals surface area contributed by atoms with Gasteiger partial charge in [-0.25, -0.2) is 14.6 Å². The van der Waals surface area contributed by atoms with E-state index in [1.165, 1.54) is 20.0 Å². The summed E-state index contributed by atoms with van der Waals surface area (Å²) in [7, 11) is 1.24. The predicted molar refractivity (Wildman–Crippen MR) is 175 cm³/mol. The Hall–Kier alpha value is -3.83. The number of ether oxygens (including phenoxy) is 2. The highest BCUT2D eigenvalue weighted by atomic mass is 16.6. The van der Waals surface area contributed by atoms with Crippen LogP contribution in [0, 0.1) is 5.41 Å². The third-order valence-corrected chi connectivity index (χ3v) is 7.50. The summed E-state index contributed by atoms with van der Waals surface area (Å²) in [6.45, 7) is 13.2. The molecule has 1 saturated heterocycles. The van der Waals surface area contributed by atoms with Crippen molar-refractivity contribution in [2.45, 2.75) is 91.1 Å². The molecule has 0 spiro atoms. The van der Waals surface area contributed by atoms with Crippen LogP contribution in [0.1, 0.15) is 65.5 Å². The number of hydrogen-bond acceptors (Lipinski definition) is 8. The standard InChI is InChI=1S/C34H51N5O6/c1-33(2,3)29(36-31(42)44-7)30(41)35-27(21-24-13-9-8-10-14-24)28(40)23-39(37-32(43)45-34(4,5)6)22-25-15-17-26(18-16-25)38-19-11-12-20-38/h8-10,13-18,27-29,40H,11-12,19-23H2,1-7H3,(H,35,41)(H,36,42)(H,37,43)/t27-,28-,29+/m0/s1. The molecule has 0 unspecified atom stereocenters. The number of methoxy groups -OCH3 is 1. The van der Waals surface area contributed by atoms with Gasteiger partial charge >= 0.3 is 12.2 Å². The molecule has 11 heteroatoms. The van der Waals surface area contributed by atoms with E-state index in [0.717, 1.165) is 29.9 Å². The van der Waals surface area contributed by atoms with Crippen LogP contribution in [0.15, 0.2) is 54.6 Å². The van der Waals surface area contributed by atoms with Gasteiger partial charge in [0.15, 0.2) is 0 Å². The van der Waals surface area contributed by atoms with Gasteiger partial charge in [0.1, 0.15) is 11.6 Å². The molecule has 4 N–H and O–H groups in total. The molecule has 45 heavy (non-hydrogen) atoms. The Kier molecular flexibility index (Phi) is 12.6. The van der Waals surface area contributed by atoms with Crippen LogP contribution in [0.3, 0.4) is 0 Å². The zero-order valence-electron chi connectivity index (χ0n) is 27.8. The maximum absolute atomic E-state index is 13.6. The summed E-state index contributed by atoms with van der Waals surface area (Å²) in [6, 6.07) is 16.0. The van der Waals surface area contributed by atoms with E-state index in [1.54, 1.807) is 25.8 Å². The summed E-state index contributed by atoms with van der Waals surface area (Å²) in [6.07, 6.45) is 0.183. The van der Waals surface area contributed by atoms with Gasteiger partial charge in [-0.1, -0.05) is 63.2 Å². The topological polar surface area (TPSA) is 132 Å². The number of carbonyl (C=O) groups excluding carboxylic acids is 3. The molecule has 0 radical (unpaired) electrons. The number of amides is 3. The highest BCUT2D eigenvalue weighted by molar-refractivity contribution is 5.86. The average molecular weight is 626 g/mol. The van der Waals surface area contributed by atoms with Crippen molar-refractivity contribution in [1.29, 1.82) is 0 Å². The zero-order valence-corrected chi connectivity index (χ0v) is 27.8. The number of aliphatic hydroxyl groups excluding tert-OH is 1. The van der Waals surface area contributed by atoms with Crippen LogP contribution < -0.4 is 21.0 Å². The molecule has 0 aliphatic carbocycles. The molecule has 1 aliphatic heterocycles. The fourth-order valence-corrected chi connectivity index (χ4v) is 5.21. The van der Waals surface area contributed by atoms with E-state index in [2.05, 4.69) is 33.1 Å². The largest absolute Gasteiger partial charge is 0.453 e. The van der Waals surface area contributed by atoms with E-state index in [1.807, 2.05) is 63.2 Å². The minimum atomic E-state index is -1.12. The Labute approximate surface area is 267 Å². The molecular formula is C34H51N5O6. The molecular weight excluding hydrogens is 574 g/mol. The van der Waals surface area contributed by atoms with Crippen molar-refractivity contribution in [1.82, 2.24) is 21.1 Å². The Morgan fingerprint density at radius 2 is 1.51 bits per heavy atom. The molecule has 1 heterocycles. The lowest BCUT2D eigenvalue weighted by Crippen LogP contribution is -2.59. The molecule has 248 valence electrons. The van der Waals surface area contributed by atoms with Crippen LogP contribution in [0.4, 0.5) is 15.3 Å². The number of carbonyl (C=O) groups is 3. The lowest BCUT2D eigenvalue weighted by molar-refractivity contribution is -0.127. The number of anilines is 1. The molecule has 3 atom stereocenters. The predicted octanol–water partition coefficient (Wildman–Crippen LogP) is 4.39. The van der Waals surface area contributed by atoms with Crippen LogP contribution in [-0.2, 0) is 27.2 Å². The van der Waals surface area contributed by atoms with Crippen LogP contribution in [0.5, 0.6) is 0 Å². The second-order valence-corrected chi connectivity index (χ2v) is 13.7. The first-order chi connectivity index (χ1) is 21.1. The van der Waals surface area contributed by atoms with Crippen molar-refractivity contribution in [2.75, 3.05) is 31.6 Å². The quantitative estimate of drug-likeness (QED) is 0.256. The minimum Gasteiger partial charge on any atom is -0.453 e. The van der Waals surface area contributed by atoms with E-state index in [9.17, 15) is 19.5 Å². The Morgan fingerprint density at radius 3 is 2.07 bits per heavy atom. The van der Waals surface area contributed by atoms with Crippen LogP contribution in [-0.4, -0.2) is 78.7 Å². The molecule has 1 fully saturated rings. The molecule has 1 aliphatic rings. The number of hydrazine groups is 1. The van der Waals surface area contributed by atoms with E-state index in [4.69, 9.17) is 9.47 Å². The summed E-state index contributed by atoms with van der Waals surface area (Å²) in [5.41, 5.74) is 4.41. The molecule has 2 aromatic rings. The van der Waals surface area contributed by atoms with Gasteiger partial charge in [0.2, 0.25) is 5.91 Å². The van der Waals surface area contributed by atoms with Crippen LogP contribution in [0.25, 0.3) is 0 Å². The van der Waals surface area contributed by atoms with E-state index < -0.39 is 47.3 Å². The zero-order chi connectivity index (χ0) is 33.2. The van der Waals surface area contributed by atoms with Crippen LogP contribution >= 0.6 is 0 Å². The van der Waals surface area contributed by atoms with Gasteiger partial charge in [0.25, 0.3) is 0 Å². The van der Waals surface area contributed by atoms with E-state index in [-0.39, 0.29) is 13.1 Å². The average Bonchev–Trinajstić information content (AvgIpc) is 3.50. The summed E-state index contributed by atoms with van der Waals surface area (Å²) < 4.78 is 10.3. The number of hydrogen-bond donors (Lipinski definition) is 4. The third kappa shape index (κ3) is 11.9. The summed E-state index contributed by atoms with van der Waals surface area (Å²) in [4.78, 5) is 40.9. The van der Waals surface area contributed by atoms with Gasteiger partial charge in [-0.15, -0.1) is 0 Å². The van der Waals surface area contributed by atoms with Crippen LogP contribution in [0.2, 0.25) is 0 Å². The first-order valence-corrected chi connectivity index (χ1v) is 15.6. The normalized spacial score (nSPS) is 15.6. The highest BCUT2D eigenvalue weighted by Crippen LogP contribution is 2.22. The fraction of sp³-hybridized carbons (Fsp3) is 0.559. The molecule has 0 bridgehead atoms. The van der Waals surface area contributed by atoms with Gasteiger partial charge in [-0.3, -0.25) is 10.2 Å². The van der Waals surface area contributed by atoms with Gasteiger partial charge < -0.3 is 30.1 Å². The Bertz CT molecular complexity index is 1240. The third-order valence-electron chi connectivity index (χ3n) is 7.50. The lowest BCUT2D eigenvalue weighted by atomic mass is 9.85. The Morgan fingerprint density at radius 1 is 0.889 bits per heavy atom. The highest BCUT2D eigenvalue weighted by Gasteiger charge is 2.36. The second kappa shape index (κ2) is 15.9. The minimum absolute atomic E-state index is 0.0183. The molecule has 3 amide bonds. The molecule has 0 saturated carbocycles. The molecule has 3 rings (SSSR count). The first kappa shape index (κ1) is 35.6. The van der Waals surface area contributed by atoms with Crippen molar-refractivity contribution < 1.29 is 29.0 Å². The van der Waals surface area contributed by atoms with Crippen molar-refractivity contribution in [2.24, 2.45) is 5.41 Å². The number of rotatable bonds is 12. The van der Waals surface area contributed by atoms with Crippen molar-refractivity contribution in [3.63, 3.8) is 0 Å². The van der Waals surface area contributed by atoms with Crippen molar-refractivity contribution >= 4 is 23.8 Å². The lowest BCUT2D eigenvalue weighted by Gasteiger charge is -2.34. The van der Waals surface area contributed by atoms with Gasteiger partial charge in [-0.2, -0.15) is 0 Å². The molecule has 11 nitrogen and oxygen atoms in total. The molecule has 0 aromatic heterocycles. The summed E-state index contributed by atoms with van der Waals surface area (Å²) in [5.74, 6) is -0.461. The smallest absolute Gasteiger partial charge is 0.422 e. The summed E-state index contributed by atoms with van der Waals surface area (Å²) >= 11 is 0. The maximum atomic E-state index is 13.6.